The lowest BCUT2D eigenvalue weighted by Gasteiger charge is -2.30. The average Bonchev–Trinajstić information content (AvgIpc) is 3.53. The minimum atomic E-state index is -4.72. The topological polar surface area (TPSA) is 115 Å². The van der Waals surface area contributed by atoms with Crippen molar-refractivity contribution in [2.45, 2.75) is 57.6 Å². The highest BCUT2D eigenvalue weighted by molar-refractivity contribution is 7.16. The standard InChI is InChI=1S/C27H30F4N6O3S/c1-15-3-2-6-37(15)14-21-23(17-9-18(27(29,30)31)11-19(28)10-17)34-26(41-21)35-24(38)20-12-33-22(13-32-20)36-7-4-16(5-8-36)25(39)40/h9-13,15-16,24,38H,2-8,14H2,1H3,(H,34,35)(H,39,40)/t15-,24?/m1/s1. The fourth-order valence-electron chi connectivity index (χ4n) is 5.23. The maximum Gasteiger partial charge on any atom is 0.416 e. The van der Waals surface area contributed by atoms with Crippen LogP contribution in [0, 0.1) is 11.7 Å². The molecule has 0 bridgehead atoms. The molecule has 3 N–H and O–H groups in total. The lowest BCUT2D eigenvalue weighted by Crippen LogP contribution is -2.36. The molecule has 2 saturated heterocycles. The molecule has 0 radical (unpaired) electrons. The van der Waals surface area contributed by atoms with Gasteiger partial charge < -0.3 is 20.4 Å². The number of thiazole rings is 1. The SMILES string of the molecule is C[C@@H]1CCCN1Cc1sc(NC(O)c2cnc(N3CCC(C(=O)O)CC3)cn2)nc1-c1cc(F)cc(C(F)(F)F)c1. The predicted molar refractivity (Wildman–Crippen MR) is 145 cm³/mol. The second-order valence-corrected chi connectivity index (χ2v) is 11.5. The molecule has 1 unspecified atom stereocenters. The van der Waals surface area contributed by atoms with Gasteiger partial charge in [0.15, 0.2) is 11.4 Å². The maximum absolute atomic E-state index is 14.3. The van der Waals surface area contributed by atoms with Crippen LogP contribution in [-0.4, -0.2) is 61.7 Å². The smallest absolute Gasteiger partial charge is 0.416 e. The lowest BCUT2D eigenvalue weighted by molar-refractivity contribution is -0.142. The normalized spacial score (nSPS) is 19.5. The number of likely N-dealkylation sites (tertiary alicyclic amines) is 1. The molecule has 2 aliphatic heterocycles. The van der Waals surface area contributed by atoms with E-state index in [0.717, 1.165) is 31.5 Å². The van der Waals surface area contributed by atoms with Crippen molar-refractivity contribution in [3.63, 3.8) is 0 Å². The number of aliphatic hydroxyl groups excluding tert-OH is 1. The van der Waals surface area contributed by atoms with Gasteiger partial charge in [-0.25, -0.2) is 14.4 Å². The van der Waals surface area contributed by atoms with Gasteiger partial charge in [-0.3, -0.25) is 14.7 Å². The maximum atomic E-state index is 14.3. The molecular formula is C27H30F4N6O3S. The van der Waals surface area contributed by atoms with Crippen molar-refractivity contribution < 1.29 is 32.6 Å². The summed E-state index contributed by atoms with van der Waals surface area (Å²) in [6.07, 6.45) is -0.116. The first-order valence-electron chi connectivity index (χ1n) is 13.3. The first-order valence-corrected chi connectivity index (χ1v) is 14.2. The predicted octanol–water partition coefficient (Wildman–Crippen LogP) is 5.15. The number of anilines is 2. The minimum Gasteiger partial charge on any atom is -0.481 e. The zero-order valence-electron chi connectivity index (χ0n) is 22.2. The molecule has 220 valence electrons. The molecule has 2 aromatic heterocycles. The molecule has 14 heteroatoms. The van der Waals surface area contributed by atoms with E-state index in [1.807, 2.05) is 4.90 Å². The molecular weight excluding hydrogens is 564 g/mol. The van der Waals surface area contributed by atoms with Gasteiger partial charge in [0, 0.05) is 36.1 Å². The van der Waals surface area contributed by atoms with E-state index in [9.17, 15) is 32.6 Å². The summed E-state index contributed by atoms with van der Waals surface area (Å²) < 4.78 is 54.5. The van der Waals surface area contributed by atoms with Crippen molar-refractivity contribution in [1.82, 2.24) is 19.9 Å². The fraction of sp³-hybridized carbons (Fsp3) is 0.481. The average molecular weight is 595 g/mol. The van der Waals surface area contributed by atoms with E-state index in [2.05, 4.69) is 32.1 Å². The Kier molecular flexibility index (Phi) is 8.43. The van der Waals surface area contributed by atoms with Crippen LogP contribution in [0.4, 0.5) is 28.5 Å². The van der Waals surface area contributed by atoms with Gasteiger partial charge in [0.25, 0.3) is 0 Å². The minimum absolute atomic E-state index is 0.00813. The second-order valence-electron chi connectivity index (χ2n) is 10.4. The molecule has 0 spiro atoms. The van der Waals surface area contributed by atoms with Gasteiger partial charge in [-0.15, -0.1) is 11.3 Å². The van der Waals surface area contributed by atoms with Gasteiger partial charge in [0.2, 0.25) is 0 Å². The largest absolute Gasteiger partial charge is 0.481 e. The summed E-state index contributed by atoms with van der Waals surface area (Å²) in [5, 5.41) is 23.1. The number of benzene rings is 1. The Balaban J connectivity index is 1.36. The summed E-state index contributed by atoms with van der Waals surface area (Å²) >= 11 is 1.18. The van der Waals surface area contributed by atoms with Crippen LogP contribution in [0.25, 0.3) is 11.3 Å². The van der Waals surface area contributed by atoms with Crippen LogP contribution in [-0.2, 0) is 17.5 Å². The van der Waals surface area contributed by atoms with Crippen molar-refractivity contribution in [3.8, 4) is 11.3 Å². The first kappa shape index (κ1) is 29.1. The van der Waals surface area contributed by atoms with Crippen molar-refractivity contribution in [3.05, 3.63) is 52.5 Å². The van der Waals surface area contributed by atoms with Crippen LogP contribution in [0.3, 0.4) is 0 Å². The number of piperidine rings is 1. The molecule has 3 aromatic rings. The van der Waals surface area contributed by atoms with Gasteiger partial charge in [-0.1, -0.05) is 0 Å². The number of alkyl halides is 3. The van der Waals surface area contributed by atoms with Crippen molar-refractivity contribution in [1.29, 1.82) is 0 Å². The van der Waals surface area contributed by atoms with Crippen molar-refractivity contribution in [2.75, 3.05) is 29.9 Å². The Morgan fingerprint density at radius 3 is 2.51 bits per heavy atom. The zero-order chi connectivity index (χ0) is 29.3. The molecule has 0 amide bonds. The van der Waals surface area contributed by atoms with E-state index in [4.69, 9.17) is 0 Å². The Labute approximate surface area is 237 Å². The van der Waals surface area contributed by atoms with E-state index in [-0.39, 0.29) is 34.0 Å². The molecule has 0 saturated carbocycles. The van der Waals surface area contributed by atoms with Crippen molar-refractivity contribution >= 4 is 28.3 Å². The number of hydrogen-bond acceptors (Lipinski definition) is 9. The van der Waals surface area contributed by atoms with Crippen LogP contribution in [0.5, 0.6) is 0 Å². The number of carboxylic acid groups (broad SMARTS) is 1. The highest BCUT2D eigenvalue weighted by Gasteiger charge is 2.32. The number of nitrogens with zero attached hydrogens (tertiary/aromatic N) is 5. The monoisotopic (exact) mass is 594 g/mol. The Hall–Kier alpha value is -3.36. The van der Waals surface area contributed by atoms with E-state index in [1.165, 1.54) is 23.7 Å². The van der Waals surface area contributed by atoms with Crippen LogP contribution in [0.2, 0.25) is 0 Å². The van der Waals surface area contributed by atoms with Gasteiger partial charge in [-0.05, 0) is 57.4 Å². The highest BCUT2D eigenvalue weighted by atomic mass is 32.1. The summed E-state index contributed by atoms with van der Waals surface area (Å²) in [6.45, 7) is 4.40. The Bertz CT molecular complexity index is 1380. The summed E-state index contributed by atoms with van der Waals surface area (Å²) in [4.78, 5) is 29.1. The third-order valence-corrected chi connectivity index (χ3v) is 8.57. The third-order valence-electron chi connectivity index (χ3n) is 7.60. The van der Waals surface area contributed by atoms with E-state index >= 15 is 0 Å². The number of rotatable bonds is 8. The number of carbonyl (C=O) groups is 1. The van der Waals surface area contributed by atoms with Gasteiger partial charge in [0.1, 0.15) is 17.3 Å². The number of aliphatic carboxylic acids is 1. The summed E-state index contributed by atoms with van der Waals surface area (Å²) in [6, 6.07) is 2.66. The summed E-state index contributed by atoms with van der Waals surface area (Å²) in [7, 11) is 0. The summed E-state index contributed by atoms with van der Waals surface area (Å²) in [5.74, 6) is -1.63. The number of carboxylic acids is 1. The van der Waals surface area contributed by atoms with E-state index < -0.39 is 29.8 Å². The third kappa shape index (κ3) is 6.76. The molecule has 9 nitrogen and oxygen atoms in total. The molecule has 0 aliphatic carbocycles. The van der Waals surface area contributed by atoms with Gasteiger partial charge >= 0.3 is 12.1 Å². The van der Waals surface area contributed by atoms with Crippen LogP contribution < -0.4 is 10.2 Å². The fourth-order valence-corrected chi connectivity index (χ4v) is 6.26. The molecule has 1 aromatic carbocycles. The molecule has 5 rings (SSSR count). The highest BCUT2D eigenvalue weighted by Crippen LogP contribution is 2.38. The van der Waals surface area contributed by atoms with Gasteiger partial charge in [-0.2, -0.15) is 13.2 Å². The molecule has 4 heterocycles. The number of aromatic nitrogens is 3. The zero-order valence-corrected chi connectivity index (χ0v) is 23.1. The second kappa shape index (κ2) is 11.9. The number of halogens is 4. The first-order chi connectivity index (χ1) is 19.5. The van der Waals surface area contributed by atoms with Crippen LogP contribution in [0.1, 0.15) is 55.0 Å². The van der Waals surface area contributed by atoms with Crippen molar-refractivity contribution in [2.24, 2.45) is 5.92 Å². The number of hydrogen-bond donors (Lipinski definition) is 3. The van der Waals surface area contributed by atoms with Crippen LogP contribution in [0.15, 0.2) is 30.6 Å². The van der Waals surface area contributed by atoms with E-state index in [0.29, 0.717) is 49.2 Å². The van der Waals surface area contributed by atoms with E-state index in [1.54, 1.807) is 0 Å². The Morgan fingerprint density at radius 2 is 1.90 bits per heavy atom. The van der Waals surface area contributed by atoms with Crippen LogP contribution >= 0.6 is 11.3 Å². The Morgan fingerprint density at radius 1 is 1.15 bits per heavy atom. The molecule has 2 aliphatic rings. The number of aliphatic hydroxyl groups is 1. The molecule has 41 heavy (non-hydrogen) atoms. The van der Waals surface area contributed by atoms with Gasteiger partial charge in [0.05, 0.1) is 29.6 Å². The molecule has 2 atom stereocenters. The lowest BCUT2D eigenvalue weighted by atomic mass is 9.97. The number of nitrogens with one attached hydrogen (secondary N) is 1. The molecule has 2 fully saturated rings. The summed E-state index contributed by atoms with van der Waals surface area (Å²) in [5.41, 5.74) is -0.669. The quantitative estimate of drug-likeness (QED) is 0.241.